The number of H-pyrrole nitrogens is 1. The van der Waals surface area contributed by atoms with E-state index in [9.17, 15) is 0 Å². The summed E-state index contributed by atoms with van der Waals surface area (Å²) in [5.74, 6) is 0. The number of nitrogens with zero attached hydrogens (tertiary/aromatic N) is 1. The second-order valence-electron chi connectivity index (χ2n) is 3.60. The van der Waals surface area contributed by atoms with Crippen molar-refractivity contribution in [1.82, 2.24) is 15.5 Å². The summed E-state index contributed by atoms with van der Waals surface area (Å²) >= 11 is 0. The summed E-state index contributed by atoms with van der Waals surface area (Å²) in [4.78, 5) is 0. The molecule has 0 saturated carbocycles. The van der Waals surface area contributed by atoms with E-state index in [0.29, 0.717) is 6.04 Å². The summed E-state index contributed by atoms with van der Waals surface area (Å²) in [6.07, 6.45) is 1.77. The Labute approximate surface area is 89.5 Å². The Morgan fingerprint density at radius 3 is 2.73 bits per heavy atom. The second-order valence-corrected chi connectivity index (χ2v) is 3.60. The Balaban J connectivity index is 1.89. The van der Waals surface area contributed by atoms with Gasteiger partial charge in [-0.25, -0.2) is 0 Å². The van der Waals surface area contributed by atoms with E-state index in [1.54, 1.807) is 6.20 Å². The monoisotopic (exact) mass is 201 g/mol. The molecule has 1 unspecified atom stereocenters. The van der Waals surface area contributed by atoms with Crippen LogP contribution in [0.3, 0.4) is 0 Å². The van der Waals surface area contributed by atoms with E-state index in [0.717, 1.165) is 12.2 Å². The molecule has 0 spiro atoms. The average molecular weight is 201 g/mol. The number of hydrogen-bond donors (Lipinski definition) is 2. The lowest BCUT2D eigenvalue weighted by Crippen LogP contribution is -2.18. The summed E-state index contributed by atoms with van der Waals surface area (Å²) in [5, 5.41) is 10.3. The Morgan fingerprint density at radius 2 is 2.07 bits per heavy atom. The van der Waals surface area contributed by atoms with Crippen molar-refractivity contribution in [2.75, 3.05) is 0 Å². The third kappa shape index (κ3) is 2.67. The lowest BCUT2D eigenvalue weighted by atomic mass is 10.2. The van der Waals surface area contributed by atoms with Gasteiger partial charge in [0.05, 0.1) is 5.69 Å². The molecule has 0 aliphatic carbocycles. The van der Waals surface area contributed by atoms with Crippen LogP contribution in [0.5, 0.6) is 0 Å². The Morgan fingerprint density at radius 1 is 1.27 bits per heavy atom. The highest BCUT2D eigenvalue weighted by atomic mass is 15.1. The highest BCUT2D eigenvalue weighted by Gasteiger charge is 2.04. The van der Waals surface area contributed by atoms with Crippen molar-refractivity contribution in [2.24, 2.45) is 0 Å². The van der Waals surface area contributed by atoms with Crippen molar-refractivity contribution in [3.05, 3.63) is 53.9 Å². The zero-order valence-corrected chi connectivity index (χ0v) is 8.77. The van der Waals surface area contributed by atoms with Gasteiger partial charge in [-0.15, -0.1) is 0 Å². The van der Waals surface area contributed by atoms with E-state index in [1.807, 2.05) is 12.1 Å². The molecule has 1 aromatic heterocycles. The molecule has 2 N–H and O–H groups in total. The first-order valence-electron chi connectivity index (χ1n) is 5.13. The Kier molecular flexibility index (Phi) is 3.15. The molecule has 2 aromatic rings. The van der Waals surface area contributed by atoms with Gasteiger partial charge in [-0.2, -0.15) is 5.10 Å². The molecule has 78 valence electrons. The predicted molar refractivity (Wildman–Crippen MR) is 60.3 cm³/mol. The molecule has 0 aliphatic heterocycles. The third-order valence-corrected chi connectivity index (χ3v) is 2.44. The minimum atomic E-state index is 0.299. The van der Waals surface area contributed by atoms with Crippen molar-refractivity contribution in [3.63, 3.8) is 0 Å². The molecular weight excluding hydrogens is 186 g/mol. The van der Waals surface area contributed by atoms with Crippen LogP contribution < -0.4 is 5.32 Å². The lowest BCUT2D eigenvalue weighted by molar-refractivity contribution is 0.560. The maximum absolute atomic E-state index is 3.93. The molecular formula is C12H15N3. The molecule has 0 amide bonds. The van der Waals surface area contributed by atoms with Crippen molar-refractivity contribution in [3.8, 4) is 0 Å². The smallest absolute Gasteiger partial charge is 0.0518 e. The van der Waals surface area contributed by atoms with Crippen LogP contribution in [0.15, 0.2) is 42.6 Å². The van der Waals surface area contributed by atoms with Gasteiger partial charge in [-0.05, 0) is 18.6 Å². The fourth-order valence-electron chi connectivity index (χ4n) is 1.48. The van der Waals surface area contributed by atoms with Crippen LogP contribution >= 0.6 is 0 Å². The fourth-order valence-corrected chi connectivity index (χ4v) is 1.48. The van der Waals surface area contributed by atoms with E-state index < -0.39 is 0 Å². The number of aromatic nitrogens is 2. The van der Waals surface area contributed by atoms with Gasteiger partial charge in [0.1, 0.15) is 0 Å². The molecule has 1 aromatic carbocycles. The summed E-state index contributed by atoms with van der Waals surface area (Å²) in [7, 11) is 0. The number of aromatic amines is 1. The summed E-state index contributed by atoms with van der Waals surface area (Å²) in [6, 6.07) is 12.7. The van der Waals surface area contributed by atoms with Gasteiger partial charge in [0, 0.05) is 18.8 Å². The summed E-state index contributed by atoms with van der Waals surface area (Å²) in [6.45, 7) is 3.00. The summed E-state index contributed by atoms with van der Waals surface area (Å²) < 4.78 is 0. The minimum Gasteiger partial charge on any atom is -0.305 e. The molecule has 15 heavy (non-hydrogen) atoms. The number of rotatable bonds is 4. The Bertz CT molecular complexity index is 381. The largest absolute Gasteiger partial charge is 0.305 e. The lowest BCUT2D eigenvalue weighted by Gasteiger charge is -2.11. The van der Waals surface area contributed by atoms with Gasteiger partial charge >= 0.3 is 0 Å². The van der Waals surface area contributed by atoms with E-state index in [2.05, 4.69) is 46.7 Å². The standard InChI is InChI=1S/C12H15N3/c1-10(12-7-8-14-15-12)13-9-11-5-3-2-4-6-11/h2-8,10,13H,9H2,1H3,(H,14,15). The van der Waals surface area contributed by atoms with Gasteiger partial charge in [0.15, 0.2) is 0 Å². The second kappa shape index (κ2) is 4.75. The molecule has 3 heteroatoms. The van der Waals surface area contributed by atoms with Crippen molar-refractivity contribution in [1.29, 1.82) is 0 Å². The quantitative estimate of drug-likeness (QED) is 0.796. The van der Waals surface area contributed by atoms with Crippen LogP contribution in [0, 0.1) is 0 Å². The van der Waals surface area contributed by atoms with Gasteiger partial charge in [-0.3, -0.25) is 5.10 Å². The minimum absolute atomic E-state index is 0.299. The van der Waals surface area contributed by atoms with Crippen molar-refractivity contribution < 1.29 is 0 Å². The van der Waals surface area contributed by atoms with Crippen LogP contribution in [0.1, 0.15) is 24.2 Å². The van der Waals surface area contributed by atoms with E-state index in [-0.39, 0.29) is 0 Å². The van der Waals surface area contributed by atoms with Crippen LogP contribution in [0.25, 0.3) is 0 Å². The normalized spacial score (nSPS) is 12.6. The first kappa shape index (κ1) is 9.93. The zero-order valence-electron chi connectivity index (χ0n) is 8.77. The van der Waals surface area contributed by atoms with E-state index in [1.165, 1.54) is 5.56 Å². The third-order valence-electron chi connectivity index (χ3n) is 2.44. The van der Waals surface area contributed by atoms with Crippen LogP contribution in [-0.4, -0.2) is 10.2 Å². The predicted octanol–water partition coefficient (Wildman–Crippen LogP) is 2.26. The fraction of sp³-hybridized carbons (Fsp3) is 0.250. The van der Waals surface area contributed by atoms with E-state index in [4.69, 9.17) is 0 Å². The number of benzene rings is 1. The zero-order chi connectivity index (χ0) is 10.5. The van der Waals surface area contributed by atoms with Crippen LogP contribution in [0.4, 0.5) is 0 Å². The molecule has 1 atom stereocenters. The molecule has 0 aliphatic rings. The molecule has 1 heterocycles. The first-order valence-corrected chi connectivity index (χ1v) is 5.13. The number of nitrogens with one attached hydrogen (secondary N) is 2. The maximum Gasteiger partial charge on any atom is 0.0518 e. The number of hydrogen-bond acceptors (Lipinski definition) is 2. The maximum atomic E-state index is 3.93. The highest BCUT2D eigenvalue weighted by molar-refractivity contribution is 5.14. The van der Waals surface area contributed by atoms with Gasteiger partial charge in [-0.1, -0.05) is 30.3 Å². The average Bonchev–Trinajstić information content (AvgIpc) is 2.81. The van der Waals surface area contributed by atoms with Crippen LogP contribution in [0.2, 0.25) is 0 Å². The SMILES string of the molecule is CC(NCc1ccccc1)c1ccn[nH]1. The summed E-state index contributed by atoms with van der Waals surface area (Å²) in [5.41, 5.74) is 2.41. The molecule has 0 saturated heterocycles. The molecule has 2 rings (SSSR count). The molecule has 3 nitrogen and oxygen atoms in total. The highest BCUT2D eigenvalue weighted by Crippen LogP contribution is 2.08. The topological polar surface area (TPSA) is 40.7 Å². The van der Waals surface area contributed by atoms with E-state index >= 15 is 0 Å². The van der Waals surface area contributed by atoms with Crippen molar-refractivity contribution >= 4 is 0 Å². The van der Waals surface area contributed by atoms with Gasteiger partial charge < -0.3 is 5.32 Å². The van der Waals surface area contributed by atoms with Crippen LogP contribution in [-0.2, 0) is 6.54 Å². The Hall–Kier alpha value is -1.61. The molecule has 0 radical (unpaired) electrons. The van der Waals surface area contributed by atoms with Gasteiger partial charge in [0.2, 0.25) is 0 Å². The molecule has 0 fully saturated rings. The first-order chi connectivity index (χ1) is 7.36. The molecule has 0 bridgehead atoms. The van der Waals surface area contributed by atoms with Gasteiger partial charge in [0.25, 0.3) is 0 Å². The van der Waals surface area contributed by atoms with Crippen molar-refractivity contribution in [2.45, 2.75) is 19.5 Å².